The van der Waals surface area contributed by atoms with E-state index in [0.717, 1.165) is 0 Å². The third-order valence-corrected chi connectivity index (χ3v) is 4.75. The Morgan fingerprint density at radius 2 is 1.96 bits per heavy atom. The van der Waals surface area contributed by atoms with E-state index in [1.807, 2.05) is 6.07 Å². The molecule has 1 heterocycles. The number of benzene rings is 2. The normalized spacial score (nSPS) is 11.0. The second-order valence-electron chi connectivity index (χ2n) is 5.90. The molecule has 1 amide bonds. The van der Waals surface area contributed by atoms with E-state index in [1.165, 1.54) is 47.4 Å². The first kappa shape index (κ1) is 19.1. The van der Waals surface area contributed by atoms with Crippen molar-refractivity contribution < 1.29 is 18.3 Å². The minimum absolute atomic E-state index is 0.0391. The van der Waals surface area contributed by atoms with Crippen molar-refractivity contribution in [2.45, 2.75) is 11.3 Å². The number of hydrogen-bond acceptors (Lipinski definition) is 6. The van der Waals surface area contributed by atoms with Crippen LogP contribution >= 0.6 is 0 Å². The SMILES string of the molecule is N#Cc1cnn(-c2ccc(NC(=O)Cc3ccc(O)cc3)cc2S(N)(=O)=O)c1. The lowest BCUT2D eigenvalue weighted by Gasteiger charge is -2.11. The van der Waals surface area contributed by atoms with Gasteiger partial charge in [-0.05, 0) is 35.9 Å². The van der Waals surface area contributed by atoms with Gasteiger partial charge in [0.25, 0.3) is 0 Å². The van der Waals surface area contributed by atoms with E-state index in [0.29, 0.717) is 5.56 Å². The predicted molar refractivity (Wildman–Crippen MR) is 100 cm³/mol. The Kier molecular flexibility index (Phi) is 5.12. The molecule has 0 saturated heterocycles. The van der Waals surface area contributed by atoms with Gasteiger partial charge in [0.05, 0.1) is 23.9 Å². The van der Waals surface area contributed by atoms with Crippen LogP contribution in [0.3, 0.4) is 0 Å². The van der Waals surface area contributed by atoms with E-state index in [9.17, 15) is 18.3 Å². The molecule has 0 unspecified atom stereocenters. The quantitative estimate of drug-likeness (QED) is 0.590. The Hall–Kier alpha value is -3.68. The minimum atomic E-state index is -4.12. The average molecular weight is 397 g/mol. The maximum Gasteiger partial charge on any atom is 0.240 e. The number of aromatic hydroxyl groups is 1. The molecule has 1 aromatic heterocycles. The molecule has 2 aromatic carbocycles. The zero-order chi connectivity index (χ0) is 20.3. The molecule has 142 valence electrons. The monoisotopic (exact) mass is 397 g/mol. The highest BCUT2D eigenvalue weighted by Crippen LogP contribution is 2.23. The number of nitrogens with zero attached hydrogens (tertiary/aromatic N) is 3. The van der Waals surface area contributed by atoms with Crippen molar-refractivity contribution >= 4 is 21.6 Å². The molecule has 0 bridgehead atoms. The summed E-state index contributed by atoms with van der Waals surface area (Å²) in [6.45, 7) is 0. The molecule has 0 aliphatic rings. The third kappa shape index (κ3) is 4.35. The largest absolute Gasteiger partial charge is 0.508 e. The van der Waals surface area contributed by atoms with Gasteiger partial charge in [-0.1, -0.05) is 12.1 Å². The first-order valence-electron chi connectivity index (χ1n) is 7.96. The highest BCUT2D eigenvalue weighted by molar-refractivity contribution is 7.89. The molecule has 4 N–H and O–H groups in total. The van der Waals surface area contributed by atoms with E-state index in [4.69, 9.17) is 10.4 Å². The zero-order valence-electron chi connectivity index (χ0n) is 14.4. The second kappa shape index (κ2) is 7.51. The van der Waals surface area contributed by atoms with Crippen LogP contribution in [0, 0.1) is 11.3 Å². The fourth-order valence-electron chi connectivity index (χ4n) is 2.53. The Morgan fingerprint density at radius 1 is 1.25 bits per heavy atom. The summed E-state index contributed by atoms with van der Waals surface area (Å²) in [7, 11) is -4.12. The fraction of sp³-hybridized carbons (Fsp3) is 0.0556. The molecule has 0 fully saturated rings. The summed E-state index contributed by atoms with van der Waals surface area (Å²) in [5.41, 5.74) is 1.33. The van der Waals surface area contributed by atoms with Crippen molar-refractivity contribution in [3.05, 3.63) is 66.0 Å². The Balaban J connectivity index is 1.87. The van der Waals surface area contributed by atoms with Gasteiger partial charge in [0.1, 0.15) is 16.7 Å². The summed E-state index contributed by atoms with van der Waals surface area (Å²) >= 11 is 0. The van der Waals surface area contributed by atoms with Crippen molar-refractivity contribution in [3.63, 3.8) is 0 Å². The third-order valence-electron chi connectivity index (χ3n) is 3.81. The Morgan fingerprint density at radius 3 is 2.57 bits per heavy atom. The number of carbonyl (C=O) groups is 1. The van der Waals surface area contributed by atoms with E-state index in [2.05, 4.69) is 10.4 Å². The molecule has 0 saturated carbocycles. The number of aromatic nitrogens is 2. The first-order valence-corrected chi connectivity index (χ1v) is 9.50. The lowest BCUT2D eigenvalue weighted by Crippen LogP contribution is -2.18. The number of amides is 1. The number of hydrogen-bond donors (Lipinski definition) is 3. The maximum absolute atomic E-state index is 12.2. The van der Waals surface area contributed by atoms with E-state index in [-0.39, 0.29) is 39.9 Å². The summed E-state index contributed by atoms with van der Waals surface area (Å²) in [4.78, 5) is 12.0. The van der Waals surface area contributed by atoms with Gasteiger partial charge in [-0.2, -0.15) is 10.4 Å². The number of rotatable bonds is 5. The molecule has 3 aromatic rings. The van der Waals surface area contributed by atoms with Gasteiger partial charge in [-0.3, -0.25) is 4.79 Å². The van der Waals surface area contributed by atoms with E-state index >= 15 is 0 Å². The molecule has 3 rings (SSSR count). The van der Waals surface area contributed by atoms with Crippen LogP contribution < -0.4 is 10.5 Å². The molecule has 0 radical (unpaired) electrons. The number of nitrogens with two attached hydrogens (primary N) is 1. The van der Waals surface area contributed by atoms with Gasteiger partial charge >= 0.3 is 0 Å². The van der Waals surface area contributed by atoms with Crippen molar-refractivity contribution in [1.29, 1.82) is 5.26 Å². The van der Waals surface area contributed by atoms with Crippen molar-refractivity contribution in [1.82, 2.24) is 9.78 Å². The molecule has 0 atom stereocenters. The molecule has 10 heteroatoms. The standard InChI is InChI=1S/C18H15N5O4S/c19-9-13-10-21-23(11-13)16-6-3-14(8-17(16)28(20,26)27)22-18(25)7-12-1-4-15(24)5-2-12/h1-6,8,10-11,24H,7H2,(H,22,25)(H2,20,26,27). The van der Waals surface area contributed by atoms with Crippen LogP contribution in [0.1, 0.15) is 11.1 Å². The predicted octanol–water partition coefficient (Wildman–Crippen LogP) is 1.28. The van der Waals surface area contributed by atoms with Crippen LogP contribution in [-0.2, 0) is 21.2 Å². The lowest BCUT2D eigenvalue weighted by molar-refractivity contribution is -0.115. The number of nitriles is 1. The number of anilines is 1. The van der Waals surface area contributed by atoms with Gasteiger partial charge in [0, 0.05) is 11.9 Å². The molecular weight excluding hydrogens is 382 g/mol. The van der Waals surface area contributed by atoms with Gasteiger partial charge < -0.3 is 10.4 Å². The number of phenols is 1. The summed E-state index contributed by atoms with van der Waals surface area (Å²) in [6, 6.07) is 12.2. The summed E-state index contributed by atoms with van der Waals surface area (Å²) in [6.07, 6.45) is 2.70. The molecule has 0 aliphatic heterocycles. The molecule has 9 nitrogen and oxygen atoms in total. The summed E-state index contributed by atoms with van der Waals surface area (Å²) in [5, 5.41) is 30.0. The Bertz CT molecular complexity index is 1180. The lowest BCUT2D eigenvalue weighted by atomic mass is 10.1. The van der Waals surface area contributed by atoms with Crippen LogP contribution in [0.25, 0.3) is 5.69 Å². The van der Waals surface area contributed by atoms with Gasteiger partial charge in [-0.25, -0.2) is 18.2 Å². The number of primary sulfonamides is 1. The topological polar surface area (TPSA) is 151 Å². The van der Waals surface area contributed by atoms with Crippen LogP contribution in [0.2, 0.25) is 0 Å². The summed E-state index contributed by atoms with van der Waals surface area (Å²) in [5.74, 6) is -0.277. The van der Waals surface area contributed by atoms with Crippen molar-refractivity contribution in [2.24, 2.45) is 5.14 Å². The number of phenolic OH excluding ortho intramolecular Hbond substituents is 1. The van der Waals surface area contributed by atoms with Gasteiger partial charge in [0.2, 0.25) is 15.9 Å². The highest BCUT2D eigenvalue weighted by atomic mass is 32.2. The highest BCUT2D eigenvalue weighted by Gasteiger charge is 2.18. The minimum Gasteiger partial charge on any atom is -0.508 e. The molecular formula is C18H15N5O4S. The van der Waals surface area contributed by atoms with E-state index in [1.54, 1.807) is 12.1 Å². The van der Waals surface area contributed by atoms with Crippen molar-refractivity contribution in [2.75, 3.05) is 5.32 Å². The van der Waals surface area contributed by atoms with Crippen LogP contribution in [0.15, 0.2) is 59.8 Å². The van der Waals surface area contributed by atoms with E-state index < -0.39 is 10.0 Å². The van der Waals surface area contributed by atoms with Gasteiger partial charge in [-0.15, -0.1) is 0 Å². The molecule has 0 spiro atoms. The van der Waals surface area contributed by atoms with Crippen LogP contribution in [0.4, 0.5) is 5.69 Å². The molecule has 28 heavy (non-hydrogen) atoms. The number of carbonyl (C=O) groups excluding carboxylic acids is 1. The smallest absolute Gasteiger partial charge is 0.240 e. The summed E-state index contributed by atoms with van der Waals surface area (Å²) < 4.78 is 25.2. The van der Waals surface area contributed by atoms with Crippen LogP contribution in [0.5, 0.6) is 5.75 Å². The fourth-order valence-corrected chi connectivity index (χ4v) is 3.27. The number of nitrogens with one attached hydrogen (secondary N) is 1. The van der Waals surface area contributed by atoms with Crippen molar-refractivity contribution in [3.8, 4) is 17.5 Å². The Labute approximate surface area is 160 Å². The maximum atomic E-state index is 12.2. The zero-order valence-corrected chi connectivity index (χ0v) is 15.2. The first-order chi connectivity index (χ1) is 13.3. The number of sulfonamides is 1. The van der Waals surface area contributed by atoms with Crippen LogP contribution in [-0.4, -0.2) is 29.2 Å². The average Bonchev–Trinajstić information content (AvgIpc) is 3.12. The second-order valence-corrected chi connectivity index (χ2v) is 7.43. The van der Waals surface area contributed by atoms with Gasteiger partial charge in [0.15, 0.2) is 0 Å². The molecule has 0 aliphatic carbocycles.